The van der Waals surface area contributed by atoms with Crippen LogP contribution in [0.4, 0.5) is 0 Å². The highest BCUT2D eigenvalue weighted by Crippen LogP contribution is 2.58. The zero-order valence-corrected chi connectivity index (χ0v) is 11.6. The molecule has 102 valence electrons. The molecule has 3 fully saturated rings. The van der Waals surface area contributed by atoms with Crippen molar-refractivity contribution in [2.45, 2.75) is 51.2 Å². The van der Waals surface area contributed by atoms with Crippen LogP contribution >= 0.6 is 0 Å². The normalized spacial score (nSPS) is 43.1. The molecule has 2 nitrogen and oxygen atoms in total. The predicted octanol–water partition coefficient (Wildman–Crippen LogP) is 2.99. The van der Waals surface area contributed by atoms with Crippen LogP contribution < -0.4 is 5.32 Å². The van der Waals surface area contributed by atoms with E-state index >= 15 is 0 Å². The molecule has 1 N–H and O–H groups in total. The van der Waals surface area contributed by atoms with Gasteiger partial charge in [-0.05, 0) is 56.3 Å². The Hall–Kier alpha value is -0.340. The van der Waals surface area contributed by atoms with Crippen molar-refractivity contribution in [3.63, 3.8) is 0 Å². The summed E-state index contributed by atoms with van der Waals surface area (Å²) < 4.78 is 5.64. The van der Waals surface area contributed by atoms with Crippen molar-refractivity contribution < 1.29 is 4.74 Å². The molecule has 18 heavy (non-hydrogen) atoms. The van der Waals surface area contributed by atoms with E-state index in [0.717, 1.165) is 36.3 Å². The fourth-order valence-corrected chi connectivity index (χ4v) is 4.91. The highest BCUT2D eigenvalue weighted by Gasteiger charge is 2.53. The zero-order chi connectivity index (χ0) is 12.5. The molecule has 0 aromatic heterocycles. The van der Waals surface area contributed by atoms with Gasteiger partial charge in [-0.3, -0.25) is 0 Å². The van der Waals surface area contributed by atoms with Gasteiger partial charge in [-0.1, -0.05) is 12.5 Å². The highest BCUT2D eigenvalue weighted by molar-refractivity contribution is 5.05. The third-order valence-corrected chi connectivity index (χ3v) is 5.59. The number of hydrogen-bond donors (Lipinski definition) is 1. The highest BCUT2D eigenvalue weighted by atomic mass is 16.5. The number of hydrogen-bond acceptors (Lipinski definition) is 2. The molecule has 2 bridgehead atoms. The third kappa shape index (κ3) is 2.25. The van der Waals surface area contributed by atoms with Gasteiger partial charge in [-0.25, -0.2) is 0 Å². The summed E-state index contributed by atoms with van der Waals surface area (Å²) >= 11 is 0. The molecular formula is C16H27NO. The van der Waals surface area contributed by atoms with E-state index in [1.54, 1.807) is 0 Å². The summed E-state index contributed by atoms with van der Waals surface area (Å²) in [6, 6.07) is 0.782. The third-order valence-electron chi connectivity index (χ3n) is 5.59. The van der Waals surface area contributed by atoms with Gasteiger partial charge in [0.15, 0.2) is 0 Å². The SMILES string of the molecule is C=CCOC(C)CNC1CC2CC1C1CCCC21. The molecule has 6 atom stereocenters. The molecule has 0 spiro atoms. The van der Waals surface area contributed by atoms with Crippen molar-refractivity contribution in [3.8, 4) is 0 Å². The molecule has 0 aromatic rings. The monoisotopic (exact) mass is 249 g/mol. The van der Waals surface area contributed by atoms with E-state index in [4.69, 9.17) is 4.74 Å². The maximum Gasteiger partial charge on any atom is 0.0675 e. The largest absolute Gasteiger partial charge is 0.373 e. The molecule has 0 saturated heterocycles. The first-order valence-corrected chi connectivity index (χ1v) is 7.75. The van der Waals surface area contributed by atoms with Crippen molar-refractivity contribution in [2.75, 3.05) is 13.2 Å². The van der Waals surface area contributed by atoms with Crippen LogP contribution in [0.2, 0.25) is 0 Å². The summed E-state index contributed by atoms with van der Waals surface area (Å²) in [6.07, 6.45) is 9.60. The fourth-order valence-electron chi connectivity index (χ4n) is 4.91. The average Bonchev–Trinajstić information content (AvgIpc) is 3.04. The van der Waals surface area contributed by atoms with Crippen LogP contribution in [0, 0.1) is 23.7 Å². The Bertz CT molecular complexity index is 303. The summed E-state index contributed by atoms with van der Waals surface area (Å²) in [6.45, 7) is 7.52. The molecule has 3 aliphatic carbocycles. The minimum Gasteiger partial charge on any atom is -0.373 e. The molecule has 3 aliphatic rings. The second-order valence-corrected chi connectivity index (χ2v) is 6.60. The number of fused-ring (bicyclic) bond motifs is 5. The summed E-state index contributed by atoms with van der Waals surface area (Å²) in [5.41, 5.74) is 0. The Morgan fingerprint density at radius 2 is 2.11 bits per heavy atom. The lowest BCUT2D eigenvalue weighted by molar-refractivity contribution is 0.0804. The van der Waals surface area contributed by atoms with Crippen LogP contribution in [0.5, 0.6) is 0 Å². The Balaban J connectivity index is 1.46. The summed E-state index contributed by atoms with van der Waals surface area (Å²) in [4.78, 5) is 0. The van der Waals surface area contributed by atoms with E-state index in [-0.39, 0.29) is 0 Å². The minimum absolute atomic E-state index is 0.307. The Morgan fingerprint density at radius 3 is 2.94 bits per heavy atom. The second kappa shape index (κ2) is 5.34. The fraction of sp³-hybridized carbons (Fsp3) is 0.875. The molecule has 0 aromatic carbocycles. The molecule has 0 amide bonds. The van der Waals surface area contributed by atoms with E-state index in [1.807, 2.05) is 6.08 Å². The first-order chi connectivity index (χ1) is 8.79. The Kier molecular flexibility index (Phi) is 3.76. The van der Waals surface area contributed by atoms with Crippen LogP contribution in [-0.4, -0.2) is 25.3 Å². The number of nitrogens with one attached hydrogen (secondary N) is 1. The maximum absolute atomic E-state index is 5.64. The maximum atomic E-state index is 5.64. The van der Waals surface area contributed by atoms with Gasteiger partial charge < -0.3 is 10.1 Å². The number of ether oxygens (including phenoxy) is 1. The van der Waals surface area contributed by atoms with Crippen LogP contribution in [0.15, 0.2) is 12.7 Å². The molecule has 2 heteroatoms. The van der Waals surface area contributed by atoms with Crippen LogP contribution in [0.1, 0.15) is 39.0 Å². The molecule has 3 rings (SSSR count). The lowest BCUT2D eigenvalue weighted by Crippen LogP contribution is -2.42. The van der Waals surface area contributed by atoms with E-state index in [2.05, 4.69) is 18.8 Å². The molecule has 6 unspecified atom stereocenters. The van der Waals surface area contributed by atoms with Gasteiger partial charge >= 0.3 is 0 Å². The van der Waals surface area contributed by atoms with Gasteiger partial charge in [0.25, 0.3) is 0 Å². The summed E-state index contributed by atoms with van der Waals surface area (Å²) in [5.74, 6) is 4.19. The smallest absolute Gasteiger partial charge is 0.0675 e. The molecule has 3 saturated carbocycles. The standard InChI is InChI=1S/C16H27NO/c1-3-7-18-11(2)10-17-16-9-12-8-15(16)14-6-4-5-13(12)14/h3,11-17H,1,4-10H2,2H3. The van der Waals surface area contributed by atoms with Crippen molar-refractivity contribution in [1.82, 2.24) is 5.32 Å². The lowest BCUT2D eigenvalue weighted by Gasteiger charge is -2.32. The number of rotatable bonds is 6. The van der Waals surface area contributed by atoms with Crippen LogP contribution in [-0.2, 0) is 4.74 Å². The first-order valence-electron chi connectivity index (χ1n) is 7.75. The van der Waals surface area contributed by atoms with Crippen LogP contribution in [0.3, 0.4) is 0 Å². The Morgan fingerprint density at radius 1 is 1.28 bits per heavy atom. The van der Waals surface area contributed by atoms with Gasteiger partial charge in [0, 0.05) is 12.6 Å². The molecular weight excluding hydrogens is 222 g/mol. The minimum atomic E-state index is 0.307. The second-order valence-electron chi connectivity index (χ2n) is 6.60. The lowest BCUT2D eigenvalue weighted by atomic mass is 9.79. The van der Waals surface area contributed by atoms with Crippen molar-refractivity contribution in [2.24, 2.45) is 23.7 Å². The van der Waals surface area contributed by atoms with Gasteiger partial charge in [-0.15, -0.1) is 6.58 Å². The average molecular weight is 249 g/mol. The zero-order valence-electron chi connectivity index (χ0n) is 11.6. The van der Waals surface area contributed by atoms with Crippen molar-refractivity contribution >= 4 is 0 Å². The van der Waals surface area contributed by atoms with Gasteiger partial charge in [0.2, 0.25) is 0 Å². The van der Waals surface area contributed by atoms with E-state index < -0.39 is 0 Å². The topological polar surface area (TPSA) is 21.3 Å². The van der Waals surface area contributed by atoms with Gasteiger partial charge in [0.1, 0.15) is 0 Å². The van der Waals surface area contributed by atoms with Crippen molar-refractivity contribution in [3.05, 3.63) is 12.7 Å². The molecule has 0 aliphatic heterocycles. The molecule has 0 radical (unpaired) electrons. The predicted molar refractivity (Wildman–Crippen MR) is 74.4 cm³/mol. The Labute approximate surface area is 111 Å². The first kappa shape index (κ1) is 12.7. The van der Waals surface area contributed by atoms with Gasteiger partial charge in [-0.2, -0.15) is 0 Å². The van der Waals surface area contributed by atoms with Gasteiger partial charge in [0.05, 0.1) is 12.7 Å². The quantitative estimate of drug-likeness (QED) is 0.731. The van der Waals surface area contributed by atoms with Crippen molar-refractivity contribution in [1.29, 1.82) is 0 Å². The summed E-state index contributed by atoms with van der Waals surface area (Å²) in [7, 11) is 0. The van der Waals surface area contributed by atoms with E-state index in [1.165, 1.54) is 32.1 Å². The van der Waals surface area contributed by atoms with Crippen LogP contribution in [0.25, 0.3) is 0 Å². The summed E-state index contributed by atoms with van der Waals surface area (Å²) in [5, 5.41) is 3.78. The van der Waals surface area contributed by atoms with E-state index in [0.29, 0.717) is 12.7 Å². The molecule has 0 heterocycles. The van der Waals surface area contributed by atoms with E-state index in [9.17, 15) is 0 Å².